The van der Waals surface area contributed by atoms with Crippen LogP contribution in [0.1, 0.15) is 31.2 Å². The Morgan fingerprint density at radius 1 is 1.35 bits per heavy atom. The third-order valence-electron chi connectivity index (χ3n) is 3.85. The van der Waals surface area contributed by atoms with Gasteiger partial charge in [-0.15, -0.1) is 0 Å². The summed E-state index contributed by atoms with van der Waals surface area (Å²) in [6.07, 6.45) is 3.70. The minimum Gasteiger partial charge on any atom is -0.492 e. The summed E-state index contributed by atoms with van der Waals surface area (Å²) < 4.78 is 5.87. The van der Waals surface area contributed by atoms with Gasteiger partial charge in [-0.25, -0.2) is 0 Å². The fourth-order valence-corrected chi connectivity index (χ4v) is 2.82. The Kier molecular flexibility index (Phi) is 7.18. The molecule has 23 heavy (non-hydrogen) atoms. The quantitative estimate of drug-likeness (QED) is 0.832. The van der Waals surface area contributed by atoms with Crippen LogP contribution in [0.2, 0.25) is 5.02 Å². The molecule has 2 rings (SSSR count). The first-order valence-corrected chi connectivity index (χ1v) is 8.34. The van der Waals surface area contributed by atoms with Gasteiger partial charge in [-0.2, -0.15) is 5.26 Å². The number of nitriles is 1. The van der Waals surface area contributed by atoms with Crippen molar-refractivity contribution in [1.82, 2.24) is 10.2 Å². The van der Waals surface area contributed by atoms with Crippen molar-refractivity contribution in [1.29, 1.82) is 5.26 Å². The minimum absolute atomic E-state index is 0.147. The van der Waals surface area contributed by atoms with Gasteiger partial charge in [0.2, 0.25) is 5.91 Å². The Morgan fingerprint density at radius 2 is 2.13 bits per heavy atom. The van der Waals surface area contributed by atoms with E-state index >= 15 is 0 Å². The van der Waals surface area contributed by atoms with Crippen molar-refractivity contribution < 1.29 is 9.53 Å². The van der Waals surface area contributed by atoms with E-state index in [0.29, 0.717) is 18.2 Å². The molecule has 0 spiro atoms. The zero-order chi connectivity index (χ0) is 16.5. The lowest BCUT2D eigenvalue weighted by Crippen LogP contribution is -2.33. The van der Waals surface area contributed by atoms with Gasteiger partial charge in [0.15, 0.2) is 0 Å². The van der Waals surface area contributed by atoms with Gasteiger partial charge in [0.05, 0.1) is 6.07 Å². The highest BCUT2D eigenvalue weighted by atomic mass is 35.5. The normalized spacial score (nSPS) is 15.0. The van der Waals surface area contributed by atoms with Crippen LogP contribution < -0.4 is 10.1 Å². The van der Waals surface area contributed by atoms with E-state index in [0.717, 1.165) is 30.9 Å². The summed E-state index contributed by atoms with van der Waals surface area (Å²) in [7, 11) is 0. The molecule has 5 nitrogen and oxygen atoms in total. The van der Waals surface area contributed by atoms with E-state index in [9.17, 15) is 4.79 Å². The van der Waals surface area contributed by atoms with Gasteiger partial charge in [-0.1, -0.05) is 18.0 Å². The smallest absolute Gasteiger partial charge is 0.234 e. The van der Waals surface area contributed by atoms with Gasteiger partial charge in [0.1, 0.15) is 18.8 Å². The summed E-state index contributed by atoms with van der Waals surface area (Å²) >= 11 is 6.02. The number of nitrogens with one attached hydrogen (secondary N) is 1. The summed E-state index contributed by atoms with van der Waals surface area (Å²) in [4.78, 5) is 13.8. The number of ether oxygens (including phenoxy) is 1. The third-order valence-corrected chi connectivity index (χ3v) is 4.09. The standard InChI is InChI=1S/C17H22ClN3O2/c18-15-4-5-16(14(12-15)13-20-17(22)6-7-19)23-11-10-21-8-2-1-3-9-21/h4-5,12H,1-3,6,8-11,13H2,(H,20,22). The molecule has 1 aromatic rings. The number of carbonyl (C=O) groups is 1. The molecule has 0 aliphatic carbocycles. The number of hydrogen-bond donors (Lipinski definition) is 1. The maximum absolute atomic E-state index is 11.4. The van der Waals surface area contributed by atoms with E-state index in [2.05, 4.69) is 10.2 Å². The molecule has 1 aliphatic heterocycles. The van der Waals surface area contributed by atoms with E-state index < -0.39 is 0 Å². The highest BCUT2D eigenvalue weighted by Gasteiger charge is 2.11. The van der Waals surface area contributed by atoms with E-state index in [-0.39, 0.29) is 12.3 Å². The van der Waals surface area contributed by atoms with Crippen molar-refractivity contribution in [2.24, 2.45) is 0 Å². The largest absolute Gasteiger partial charge is 0.492 e. The van der Waals surface area contributed by atoms with Crippen molar-refractivity contribution in [3.05, 3.63) is 28.8 Å². The molecule has 1 N–H and O–H groups in total. The number of amides is 1. The van der Waals surface area contributed by atoms with E-state index in [1.165, 1.54) is 19.3 Å². The Labute approximate surface area is 142 Å². The molecule has 1 aliphatic rings. The van der Waals surface area contributed by atoms with Crippen LogP contribution >= 0.6 is 11.6 Å². The maximum Gasteiger partial charge on any atom is 0.234 e. The number of hydrogen-bond acceptors (Lipinski definition) is 4. The molecule has 6 heteroatoms. The van der Waals surface area contributed by atoms with Crippen molar-refractivity contribution >= 4 is 17.5 Å². The molecule has 0 atom stereocenters. The van der Waals surface area contributed by atoms with Crippen LogP contribution in [0.15, 0.2) is 18.2 Å². The molecule has 0 saturated carbocycles. The number of nitrogens with zero attached hydrogens (tertiary/aromatic N) is 2. The lowest BCUT2D eigenvalue weighted by atomic mass is 10.1. The second-order valence-corrected chi connectivity index (χ2v) is 6.05. The fraction of sp³-hybridized carbons (Fsp3) is 0.529. The average molecular weight is 336 g/mol. The Hall–Kier alpha value is -1.77. The van der Waals surface area contributed by atoms with Crippen LogP contribution in [0.5, 0.6) is 5.75 Å². The van der Waals surface area contributed by atoms with Gasteiger partial charge in [0.25, 0.3) is 0 Å². The predicted octanol–water partition coefficient (Wildman–Crippen LogP) is 2.73. The number of carbonyl (C=O) groups excluding carboxylic acids is 1. The minimum atomic E-state index is -0.299. The summed E-state index contributed by atoms with van der Waals surface area (Å²) in [5, 5.41) is 11.8. The average Bonchev–Trinajstić information content (AvgIpc) is 2.56. The summed E-state index contributed by atoms with van der Waals surface area (Å²) in [5.74, 6) is 0.426. The Balaban J connectivity index is 1.87. The summed E-state index contributed by atoms with van der Waals surface area (Å²) in [5.41, 5.74) is 0.822. The fourth-order valence-electron chi connectivity index (χ4n) is 2.62. The highest BCUT2D eigenvalue weighted by Crippen LogP contribution is 2.23. The van der Waals surface area contributed by atoms with Crippen LogP contribution in [-0.2, 0) is 11.3 Å². The van der Waals surface area contributed by atoms with Crippen LogP contribution in [0.25, 0.3) is 0 Å². The topological polar surface area (TPSA) is 65.4 Å². The molecule has 1 amide bonds. The molecule has 1 saturated heterocycles. The number of piperidine rings is 1. The van der Waals surface area contributed by atoms with Gasteiger partial charge < -0.3 is 10.1 Å². The van der Waals surface area contributed by atoms with Gasteiger partial charge >= 0.3 is 0 Å². The van der Waals surface area contributed by atoms with Crippen molar-refractivity contribution in [2.75, 3.05) is 26.2 Å². The molecule has 1 heterocycles. The molecule has 1 fully saturated rings. The van der Waals surface area contributed by atoms with Crippen LogP contribution in [-0.4, -0.2) is 37.0 Å². The second kappa shape index (κ2) is 9.39. The monoisotopic (exact) mass is 335 g/mol. The first kappa shape index (κ1) is 17.6. The molecule has 1 aromatic carbocycles. The molecule has 0 unspecified atom stereocenters. The number of halogens is 1. The molecule has 0 radical (unpaired) electrons. The first-order chi connectivity index (χ1) is 11.2. The summed E-state index contributed by atoms with van der Waals surface area (Å²) in [6.45, 7) is 4.10. The SMILES string of the molecule is N#CCC(=O)NCc1cc(Cl)ccc1OCCN1CCCCC1. The van der Waals surface area contributed by atoms with Gasteiger partial charge in [0, 0.05) is 23.7 Å². The lowest BCUT2D eigenvalue weighted by Gasteiger charge is -2.26. The molecular weight excluding hydrogens is 314 g/mol. The van der Waals surface area contributed by atoms with E-state index in [4.69, 9.17) is 21.6 Å². The zero-order valence-corrected chi connectivity index (χ0v) is 13.9. The van der Waals surface area contributed by atoms with Crippen LogP contribution in [0.4, 0.5) is 0 Å². The van der Waals surface area contributed by atoms with Crippen LogP contribution in [0, 0.1) is 11.3 Å². The molecule has 124 valence electrons. The highest BCUT2D eigenvalue weighted by molar-refractivity contribution is 6.30. The Bertz CT molecular complexity index is 565. The summed E-state index contributed by atoms with van der Waals surface area (Å²) in [6, 6.07) is 7.21. The first-order valence-electron chi connectivity index (χ1n) is 7.96. The predicted molar refractivity (Wildman–Crippen MR) is 89.3 cm³/mol. The van der Waals surface area contributed by atoms with Gasteiger partial charge in [-0.3, -0.25) is 9.69 Å². The number of likely N-dealkylation sites (tertiary alicyclic amines) is 1. The third kappa shape index (κ3) is 6.09. The van der Waals surface area contributed by atoms with Crippen molar-refractivity contribution in [3.8, 4) is 11.8 Å². The maximum atomic E-state index is 11.4. The van der Waals surface area contributed by atoms with E-state index in [1.54, 1.807) is 12.1 Å². The Morgan fingerprint density at radius 3 is 2.87 bits per heavy atom. The number of benzene rings is 1. The van der Waals surface area contributed by atoms with Gasteiger partial charge in [-0.05, 0) is 44.1 Å². The number of rotatable bonds is 7. The van der Waals surface area contributed by atoms with Crippen molar-refractivity contribution in [3.63, 3.8) is 0 Å². The second-order valence-electron chi connectivity index (χ2n) is 5.61. The molecule has 0 bridgehead atoms. The molecule has 0 aromatic heterocycles. The molecular formula is C17H22ClN3O2. The van der Waals surface area contributed by atoms with Crippen LogP contribution in [0.3, 0.4) is 0 Å². The zero-order valence-electron chi connectivity index (χ0n) is 13.2. The lowest BCUT2D eigenvalue weighted by molar-refractivity contribution is -0.120. The van der Waals surface area contributed by atoms with Crippen molar-refractivity contribution in [2.45, 2.75) is 32.2 Å². The van der Waals surface area contributed by atoms with E-state index in [1.807, 2.05) is 12.1 Å².